The highest BCUT2D eigenvalue weighted by atomic mass is 19.1. The highest BCUT2D eigenvalue weighted by Gasteiger charge is 2.27. The summed E-state index contributed by atoms with van der Waals surface area (Å²) in [5, 5.41) is 0. The lowest BCUT2D eigenvalue weighted by atomic mass is 10.0. The number of methoxy groups -OCH3 is 1. The second-order valence-corrected chi connectivity index (χ2v) is 7.23. The molecule has 0 spiro atoms. The molecule has 0 aromatic heterocycles. The molecule has 1 saturated heterocycles. The van der Waals surface area contributed by atoms with Gasteiger partial charge in [0.25, 0.3) is 0 Å². The Labute approximate surface area is 160 Å². The van der Waals surface area contributed by atoms with Crippen LogP contribution >= 0.6 is 0 Å². The summed E-state index contributed by atoms with van der Waals surface area (Å²) in [6, 6.07) is 14.2. The van der Waals surface area contributed by atoms with Gasteiger partial charge in [0, 0.05) is 19.1 Å². The van der Waals surface area contributed by atoms with E-state index in [2.05, 4.69) is 11.9 Å². The minimum absolute atomic E-state index is 0.102. The van der Waals surface area contributed by atoms with Crippen molar-refractivity contribution in [3.8, 4) is 5.75 Å². The van der Waals surface area contributed by atoms with Gasteiger partial charge < -0.3 is 14.5 Å². The van der Waals surface area contributed by atoms with E-state index in [1.54, 1.807) is 19.2 Å². The third-order valence-electron chi connectivity index (χ3n) is 5.14. The Balaban J connectivity index is 1.76. The van der Waals surface area contributed by atoms with E-state index < -0.39 is 0 Å². The molecule has 1 amide bonds. The Hall–Kier alpha value is -2.40. The van der Waals surface area contributed by atoms with Gasteiger partial charge in [-0.1, -0.05) is 24.3 Å². The van der Waals surface area contributed by atoms with E-state index in [-0.39, 0.29) is 17.8 Å². The van der Waals surface area contributed by atoms with Gasteiger partial charge in [0.1, 0.15) is 11.6 Å². The maximum absolute atomic E-state index is 13.2. The van der Waals surface area contributed by atoms with Crippen molar-refractivity contribution in [2.45, 2.75) is 31.8 Å². The monoisotopic (exact) mass is 370 g/mol. The van der Waals surface area contributed by atoms with Crippen LogP contribution in [0, 0.1) is 5.82 Å². The van der Waals surface area contributed by atoms with Crippen LogP contribution in [0.15, 0.2) is 48.5 Å². The molecule has 0 saturated carbocycles. The molecule has 0 radical (unpaired) electrons. The summed E-state index contributed by atoms with van der Waals surface area (Å²) in [5.74, 6) is 0.625. The average molecular weight is 370 g/mol. The van der Waals surface area contributed by atoms with Gasteiger partial charge in [-0.3, -0.25) is 4.79 Å². The summed E-state index contributed by atoms with van der Waals surface area (Å²) in [6.07, 6.45) is 2.43. The van der Waals surface area contributed by atoms with Crippen molar-refractivity contribution < 1.29 is 13.9 Å². The van der Waals surface area contributed by atoms with E-state index in [9.17, 15) is 9.18 Å². The molecule has 3 rings (SSSR count). The second kappa shape index (κ2) is 9.00. The van der Waals surface area contributed by atoms with Crippen LogP contribution in [0.2, 0.25) is 0 Å². The van der Waals surface area contributed by atoms with E-state index in [0.29, 0.717) is 13.0 Å². The number of halogens is 1. The van der Waals surface area contributed by atoms with Crippen molar-refractivity contribution in [2.75, 3.05) is 27.2 Å². The van der Waals surface area contributed by atoms with Gasteiger partial charge in [0.15, 0.2) is 0 Å². The number of rotatable bonds is 6. The lowest BCUT2D eigenvalue weighted by molar-refractivity contribution is -0.134. The van der Waals surface area contributed by atoms with Crippen LogP contribution in [-0.4, -0.2) is 49.0 Å². The third kappa shape index (κ3) is 5.30. The Bertz CT molecular complexity index is 746. The number of likely N-dealkylation sites (tertiary alicyclic amines) is 1. The first-order chi connectivity index (χ1) is 13.0. The number of carbonyl (C=O) groups is 1. The summed E-state index contributed by atoms with van der Waals surface area (Å²) in [4.78, 5) is 17.4. The molecule has 1 aliphatic heterocycles. The molecule has 144 valence electrons. The van der Waals surface area contributed by atoms with Crippen LogP contribution in [0.5, 0.6) is 5.75 Å². The zero-order chi connectivity index (χ0) is 19.2. The lowest BCUT2D eigenvalue weighted by Gasteiger charge is -2.38. The Kier molecular flexibility index (Phi) is 6.45. The fourth-order valence-electron chi connectivity index (χ4n) is 3.62. The number of benzene rings is 2. The molecule has 2 aromatic rings. The van der Waals surface area contributed by atoms with Crippen LogP contribution in [-0.2, 0) is 17.8 Å². The molecule has 5 heteroatoms. The summed E-state index contributed by atoms with van der Waals surface area (Å²) in [6.45, 7) is 2.44. The smallest absolute Gasteiger partial charge is 0.227 e. The quantitative estimate of drug-likeness (QED) is 0.780. The molecule has 1 fully saturated rings. The number of hydrogen-bond donors (Lipinski definition) is 0. The first-order valence-electron chi connectivity index (χ1n) is 9.40. The minimum Gasteiger partial charge on any atom is -0.497 e. The molecule has 1 atom stereocenters. The number of ether oxygens (including phenoxy) is 1. The maximum atomic E-state index is 13.2. The topological polar surface area (TPSA) is 32.8 Å². The van der Waals surface area contributed by atoms with Crippen LogP contribution in [0.4, 0.5) is 4.39 Å². The summed E-state index contributed by atoms with van der Waals surface area (Å²) in [7, 11) is 3.72. The number of nitrogens with zero attached hydrogens (tertiary/aromatic N) is 2. The molecule has 4 nitrogen and oxygen atoms in total. The number of hydrogen-bond acceptors (Lipinski definition) is 3. The van der Waals surface area contributed by atoms with E-state index in [0.717, 1.165) is 42.8 Å². The number of carbonyl (C=O) groups excluding carboxylic acids is 1. The summed E-state index contributed by atoms with van der Waals surface area (Å²) >= 11 is 0. The SMILES string of the molecule is COc1ccc(CC(=O)N(Cc2ccc(F)cc2)[C@@H]2CCCN(C)C2)cc1. The van der Waals surface area contributed by atoms with Gasteiger partial charge in [0.05, 0.1) is 13.5 Å². The van der Waals surface area contributed by atoms with Crippen molar-refractivity contribution in [1.82, 2.24) is 9.80 Å². The first kappa shape index (κ1) is 19.4. The molecule has 0 N–H and O–H groups in total. The van der Waals surface area contributed by atoms with Crippen molar-refractivity contribution in [1.29, 1.82) is 0 Å². The van der Waals surface area contributed by atoms with Crippen LogP contribution in [0.25, 0.3) is 0 Å². The van der Waals surface area contributed by atoms with Gasteiger partial charge in [0.2, 0.25) is 5.91 Å². The highest BCUT2D eigenvalue weighted by molar-refractivity contribution is 5.79. The van der Waals surface area contributed by atoms with Crippen LogP contribution in [0.1, 0.15) is 24.0 Å². The third-order valence-corrected chi connectivity index (χ3v) is 5.14. The molecule has 2 aromatic carbocycles. The number of amides is 1. The largest absolute Gasteiger partial charge is 0.497 e. The molecular formula is C22H27FN2O2. The van der Waals surface area contributed by atoms with Gasteiger partial charge in [-0.2, -0.15) is 0 Å². The predicted molar refractivity (Wildman–Crippen MR) is 104 cm³/mol. The van der Waals surface area contributed by atoms with Gasteiger partial charge in [-0.15, -0.1) is 0 Å². The van der Waals surface area contributed by atoms with Crippen molar-refractivity contribution >= 4 is 5.91 Å². The van der Waals surface area contributed by atoms with Gasteiger partial charge >= 0.3 is 0 Å². The summed E-state index contributed by atoms with van der Waals surface area (Å²) in [5.41, 5.74) is 1.92. The number of piperidine rings is 1. The standard InChI is InChI=1S/C22H27FN2O2/c1-24-13-3-4-20(16-24)25(15-18-5-9-19(23)10-6-18)22(26)14-17-7-11-21(27-2)12-8-17/h5-12,20H,3-4,13-16H2,1-2H3/t20-/m1/s1. The molecule has 1 heterocycles. The van der Waals surface area contributed by atoms with Crippen LogP contribution < -0.4 is 4.74 Å². The first-order valence-corrected chi connectivity index (χ1v) is 9.40. The zero-order valence-electron chi connectivity index (χ0n) is 16.0. The average Bonchev–Trinajstić information content (AvgIpc) is 2.68. The van der Waals surface area contributed by atoms with Crippen molar-refractivity contribution in [3.05, 3.63) is 65.5 Å². The van der Waals surface area contributed by atoms with E-state index in [1.165, 1.54) is 12.1 Å². The van der Waals surface area contributed by atoms with Crippen molar-refractivity contribution in [2.24, 2.45) is 0 Å². The summed E-state index contributed by atoms with van der Waals surface area (Å²) < 4.78 is 18.4. The Morgan fingerprint density at radius 1 is 1.15 bits per heavy atom. The predicted octanol–water partition coefficient (Wildman–Crippen LogP) is 3.50. The van der Waals surface area contributed by atoms with E-state index in [1.807, 2.05) is 29.2 Å². The lowest BCUT2D eigenvalue weighted by Crippen LogP contribution is -2.49. The highest BCUT2D eigenvalue weighted by Crippen LogP contribution is 2.20. The Morgan fingerprint density at radius 2 is 1.81 bits per heavy atom. The van der Waals surface area contributed by atoms with Gasteiger partial charge in [-0.05, 0) is 61.8 Å². The second-order valence-electron chi connectivity index (χ2n) is 7.23. The maximum Gasteiger partial charge on any atom is 0.227 e. The molecule has 0 aliphatic carbocycles. The molecular weight excluding hydrogens is 343 g/mol. The Morgan fingerprint density at radius 3 is 2.44 bits per heavy atom. The molecule has 0 bridgehead atoms. The van der Waals surface area contributed by atoms with Crippen molar-refractivity contribution in [3.63, 3.8) is 0 Å². The normalized spacial score (nSPS) is 17.5. The van der Waals surface area contributed by atoms with Crippen LogP contribution in [0.3, 0.4) is 0 Å². The fourth-order valence-corrected chi connectivity index (χ4v) is 3.62. The zero-order valence-corrected chi connectivity index (χ0v) is 16.0. The fraction of sp³-hybridized carbons (Fsp3) is 0.409. The molecule has 0 unspecified atom stereocenters. The van der Waals surface area contributed by atoms with E-state index in [4.69, 9.17) is 4.74 Å². The minimum atomic E-state index is -0.257. The van der Waals surface area contributed by atoms with Gasteiger partial charge in [-0.25, -0.2) is 4.39 Å². The number of likely N-dealkylation sites (N-methyl/N-ethyl adjacent to an activating group) is 1. The molecule has 27 heavy (non-hydrogen) atoms. The van der Waals surface area contributed by atoms with E-state index >= 15 is 0 Å². The molecule has 1 aliphatic rings.